The van der Waals surface area contributed by atoms with E-state index in [-0.39, 0.29) is 11.3 Å². The Bertz CT molecular complexity index is 511. The molecule has 3 nitrogen and oxygen atoms in total. The zero-order valence-corrected chi connectivity index (χ0v) is 8.65. The average Bonchev–Trinajstić information content (AvgIpc) is 2.20. The molecule has 1 heterocycles. The van der Waals surface area contributed by atoms with Crippen molar-refractivity contribution in [3.63, 3.8) is 0 Å². The lowest BCUT2D eigenvalue weighted by molar-refractivity contribution is 0.112. The Labute approximate surface area is 88.5 Å². The van der Waals surface area contributed by atoms with Gasteiger partial charge in [-0.25, -0.2) is 0 Å². The molecule has 4 heteroatoms. The Balaban J connectivity index is 2.96. The van der Waals surface area contributed by atoms with Crippen LogP contribution >= 0.6 is 15.9 Å². The predicted octanol–water partition coefficient (Wildman–Crippen LogP) is 2.52. The van der Waals surface area contributed by atoms with Crippen LogP contribution in [0.25, 0.3) is 10.9 Å². The van der Waals surface area contributed by atoms with Crippen LogP contribution in [0.5, 0.6) is 5.75 Å². The number of pyridine rings is 1. The van der Waals surface area contributed by atoms with Crippen molar-refractivity contribution in [3.05, 3.63) is 34.4 Å². The number of rotatable bonds is 1. The summed E-state index contributed by atoms with van der Waals surface area (Å²) in [6.07, 6.45) is 2.27. The van der Waals surface area contributed by atoms with E-state index in [1.165, 1.54) is 0 Å². The van der Waals surface area contributed by atoms with Gasteiger partial charge in [-0.05, 0) is 28.1 Å². The van der Waals surface area contributed by atoms with E-state index in [1.54, 1.807) is 24.4 Å². The Morgan fingerprint density at radius 1 is 1.50 bits per heavy atom. The van der Waals surface area contributed by atoms with Crippen molar-refractivity contribution in [2.24, 2.45) is 0 Å². The second kappa shape index (κ2) is 3.38. The first-order valence-corrected chi connectivity index (χ1v) is 4.74. The third-order valence-electron chi connectivity index (χ3n) is 1.99. The number of hydrogen-bond acceptors (Lipinski definition) is 3. The van der Waals surface area contributed by atoms with Gasteiger partial charge in [0.05, 0.1) is 15.6 Å². The number of phenolic OH excluding ortho intramolecular Hbond substituents is 1. The third-order valence-corrected chi connectivity index (χ3v) is 2.60. The fourth-order valence-corrected chi connectivity index (χ4v) is 1.75. The van der Waals surface area contributed by atoms with Crippen LogP contribution in [0.2, 0.25) is 0 Å². The van der Waals surface area contributed by atoms with E-state index in [1.807, 2.05) is 0 Å². The number of carbonyl (C=O) groups excluding carboxylic acids is 1. The summed E-state index contributed by atoms with van der Waals surface area (Å²) < 4.78 is 0.478. The molecule has 0 saturated carbocycles. The minimum atomic E-state index is -0.0412. The van der Waals surface area contributed by atoms with E-state index in [4.69, 9.17) is 0 Å². The number of fused-ring (bicyclic) bond motifs is 1. The van der Waals surface area contributed by atoms with Gasteiger partial charge in [-0.3, -0.25) is 9.78 Å². The molecule has 0 fully saturated rings. The van der Waals surface area contributed by atoms with Gasteiger partial charge in [0.25, 0.3) is 0 Å². The first-order valence-electron chi connectivity index (χ1n) is 3.95. The summed E-state index contributed by atoms with van der Waals surface area (Å²) in [7, 11) is 0. The number of nitrogens with zero attached hydrogens (tertiary/aromatic N) is 1. The molecule has 2 rings (SSSR count). The van der Waals surface area contributed by atoms with Crippen LogP contribution in [0.4, 0.5) is 0 Å². The largest absolute Gasteiger partial charge is 0.506 e. The number of benzene rings is 1. The van der Waals surface area contributed by atoms with Crippen molar-refractivity contribution in [2.45, 2.75) is 0 Å². The molecule has 0 saturated heterocycles. The van der Waals surface area contributed by atoms with Gasteiger partial charge < -0.3 is 5.11 Å². The second-order valence-corrected chi connectivity index (χ2v) is 3.66. The highest BCUT2D eigenvalue weighted by Crippen LogP contribution is 2.32. The number of aromatic nitrogens is 1. The van der Waals surface area contributed by atoms with Gasteiger partial charge in [-0.1, -0.05) is 6.07 Å². The highest BCUT2D eigenvalue weighted by atomic mass is 79.9. The molecule has 0 spiro atoms. The standard InChI is InChI=1S/C10H6BrNO2/c11-8-4-9-6(2-1-3-12-9)7(5-13)10(8)14/h1-5,14H. The van der Waals surface area contributed by atoms with Gasteiger partial charge >= 0.3 is 0 Å². The maximum absolute atomic E-state index is 10.8. The highest BCUT2D eigenvalue weighted by molar-refractivity contribution is 9.10. The van der Waals surface area contributed by atoms with Crippen LogP contribution in [0, 0.1) is 0 Å². The van der Waals surface area contributed by atoms with Crippen molar-refractivity contribution < 1.29 is 9.90 Å². The van der Waals surface area contributed by atoms with Gasteiger partial charge in [0.1, 0.15) is 5.75 Å². The molecular weight excluding hydrogens is 246 g/mol. The zero-order valence-electron chi connectivity index (χ0n) is 7.07. The lowest BCUT2D eigenvalue weighted by atomic mass is 10.1. The summed E-state index contributed by atoms with van der Waals surface area (Å²) >= 11 is 3.16. The highest BCUT2D eigenvalue weighted by Gasteiger charge is 2.10. The smallest absolute Gasteiger partial charge is 0.154 e. The number of hydrogen-bond donors (Lipinski definition) is 1. The van der Waals surface area contributed by atoms with Crippen molar-refractivity contribution >= 4 is 33.1 Å². The number of halogens is 1. The summed E-state index contributed by atoms with van der Waals surface area (Å²) in [4.78, 5) is 14.9. The van der Waals surface area contributed by atoms with Gasteiger partial charge in [0, 0.05) is 11.6 Å². The van der Waals surface area contributed by atoms with E-state index in [2.05, 4.69) is 20.9 Å². The van der Waals surface area contributed by atoms with E-state index in [0.717, 1.165) is 0 Å². The molecule has 0 atom stereocenters. The molecule has 70 valence electrons. The first-order chi connectivity index (χ1) is 6.74. The number of carbonyl (C=O) groups is 1. The molecule has 1 aromatic heterocycles. The quantitative estimate of drug-likeness (QED) is 0.793. The van der Waals surface area contributed by atoms with Gasteiger partial charge in [-0.2, -0.15) is 0 Å². The average molecular weight is 252 g/mol. The minimum absolute atomic E-state index is 0.0412. The molecule has 2 aromatic rings. The summed E-state index contributed by atoms with van der Waals surface area (Å²) in [5.74, 6) is -0.0412. The van der Waals surface area contributed by atoms with E-state index < -0.39 is 0 Å². The van der Waals surface area contributed by atoms with Gasteiger partial charge in [-0.15, -0.1) is 0 Å². The number of phenols is 1. The number of aldehydes is 1. The molecule has 0 aliphatic rings. The third kappa shape index (κ3) is 1.28. The number of aromatic hydroxyl groups is 1. The summed E-state index contributed by atoms with van der Waals surface area (Å²) in [6, 6.07) is 5.15. The molecule has 0 amide bonds. The van der Waals surface area contributed by atoms with Crippen LogP contribution in [-0.2, 0) is 0 Å². The fraction of sp³-hybridized carbons (Fsp3) is 0. The Morgan fingerprint density at radius 2 is 2.29 bits per heavy atom. The van der Waals surface area contributed by atoms with Crippen LogP contribution in [0.1, 0.15) is 10.4 Å². The normalized spacial score (nSPS) is 10.4. The summed E-state index contributed by atoms with van der Waals surface area (Å²) in [5.41, 5.74) is 0.946. The molecule has 14 heavy (non-hydrogen) atoms. The van der Waals surface area contributed by atoms with Crippen LogP contribution in [-0.4, -0.2) is 16.4 Å². The van der Waals surface area contributed by atoms with Gasteiger partial charge in [0.2, 0.25) is 0 Å². The molecule has 0 aliphatic carbocycles. The van der Waals surface area contributed by atoms with Crippen molar-refractivity contribution in [1.29, 1.82) is 0 Å². The molecule has 1 aromatic carbocycles. The minimum Gasteiger partial charge on any atom is -0.506 e. The second-order valence-electron chi connectivity index (χ2n) is 2.81. The maximum atomic E-state index is 10.8. The van der Waals surface area contributed by atoms with Crippen molar-refractivity contribution in [1.82, 2.24) is 4.98 Å². The Kier molecular flexibility index (Phi) is 2.21. The van der Waals surface area contributed by atoms with E-state index in [9.17, 15) is 9.90 Å². The molecule has 1 N–H and O–H groups in total. The first kappa shape index (κ1) is 9.15. The van der Waals surface area contributed by atoms with Crippen molar-refractivity contribution in [2.75, 3.05) is 0 Å². The van der Waals surface area contributed by atoms with Crippen LogP contribution in [0.15, 0.2) is 28.9 Å². The Morgan fingerprint density at radius 3 is 3.00 bits per heavy atom. The lowest BCUT2D eigenvalue weighted by Crippen LogP contribution is -1.88. The lowest BCUT2D eigenvalue weighted by Gasteiger charge is -2.04. The topological polar surface area (TPSA) is 50.2 Å². The molecule has 0 unspecified atom stereocenters. The molecule has 0 aliphatic heterocycles. The molecule has 0 radical (unpaired) electrons. The van der Waals surface area contributed by atoms with Crippen LogP contribution < -0.4 is 0 Å². The zero-order chi connectivity index (χ0) is 10.1. The molecular formula is C10H6BrNO2. The van der Waals surface area contributed by atoms with E-state index in [0.29, 0.717) is 21.7 Å². The van der Waals surface area contributed by atoms with E-state index >= 15 is 0 Å². The van der Waals surface area contributed by atoms with Crippen molar-refractivity contribution in [3.8, 4) is 5.75 Å². The summed E-state index contributed by atoms with van der Waals surface area (Å²) in [6.45, 7) is 0. The Hall–Kier alpha value is -1.42. The molecule has 0 bridgehead atoms. The maximum Gasteiger partial charge on any atom is 0.154 e. The summed E-state index contributed by atoms with van der Waals surface area (Å²) in [5, 5.41) is 10.2. The van der Waals surface area contributed by atoms with Gasteiger partial charge in [0.15, 0.2) is 6.29 Å². The predicted molar refractivity (Wildman–Crippen MR) is 56.5 cm³/mol. The SMILES string of the molecule is O=Cc1c(O)c(Br)cc2ncccc12. The monoisotopic (exact) mass is 251 g/mol. The van der Waals surface area contributed by atoms with Crippen LogP contribution in [0.3, 0.4) is 0 Å². The fourth-order valence-electron chi connectivity index (χ4n) is 1.32.